The first-order valence-electron chi connectivity index (χ1n) is 11.0. The molecule has 0 bridgehead atoms. The van der Waals surface area contributed by atoms with Crippen molar-refractivity contribution in [2.45, 2.75) is 43.9 Å². The van der Waals surface area contributed by atoms with E-state index in [9.17, 15) is 9.18 Å². The zero-order valence-electron chi connectivity index (χ0n) is 17.7. The summed E-state index contributed by atoms with van der Waals surface area (Å²) in [4.78, 5) is 13.3. The second kappa shape index (κ2) is 7.97. The number of hydrogen-bond acceptors (Lipinski definition) is 3. The molecular weight excluding hydrogens is 391 g/mol. The first-order chi connectivity index (χ1) is 15.0. The molecule has 160 valence electrons. The Labute approximate surface area is 181 Å². The zero-order chi connectivity index (χ0) is 21.4. The SMILES string of the molecule is Cc1ccc(OCC2CC(F)CN2)cc1C(=O)NC1(c2cccc3ccccc23)CC1. The minimum atomic E-state index is -0.809. The fraction of sp³-hybridized carbons (Fsp3) is 0.346. The van der Waals surface area contributed by atoms with E-state index in [1.165, 1.54) is 16.3 Å². The second-order valence-electron chi connectivity index (χ2n) is 8.79. The number of ether oxygens (including phenoxy) is 1. The topological polar surface area (TPSA) is 50.4 Å². The van der Waals surface area contributed by atoms with Gasteiger partial charge in [0.25, 0.3) is 5.91 Å². The monoisotopic (exact) mass is 418 g/mol. The van der Waals surface area contributed by atoms with Crippen molar-refractivity contribution in [3.05, 3.63) is 77.4 Å². The van der Waals surface area contributed by atoms with Gasteiger partial charge in [-0.3, -0.25) is 4.79 Å². The summed E-state index contributed by atoms with van der Waals surface area (Å²) in [5.41, 5.74) is 2.38. The number of aryl methyl sites for hydroxylation is 1. The number of benzene rings is 3. The molecule has 0 radical (unpaired) electrons. The third-order valence-corrected chi connectivity index (χ3v) is 6.48. The molecule has 0 aromatic heterocycles. The minimum absolute atomic E-state index is 0.00896. The van der Waals surface area contributed by atoms with Gasteiger partial charge in [0.1, 0.15) is 18.5 Å². The van der Waals surface area contributed by atoms with Crippen molar-refractivity contribution in [1.29, 1.82) is 0 Å². The molecule has 5 heteroatoms. The molecule has 1 amide bonds. The van der Waals surface area contributed by atoms with Gasteiger partial charge in [-0.2, -0.15) is 0 Å². The number of carbonyl (C=O) groups excluding carboxylic acids is 1. The molecule has 2 unspecified atom stereocenters. The van der Waals surface area contributed by atoms with E-state index in [0.717, 1.165) is 18.4 Å². The minimum Gasteiger partial charge on any atom is -0.492 e. The highest BCUT2D eigenvalue weighted by atomic mass is 19.1. The molecule has 2 aliphatic rings. The molecule has 2 atom stereocenters. The second-order valence-corrected chi connectivity index (χ2v) is 8.79. The Bertz CT molecular complexity index is 1120. The molecule has 1 saturated heterocycles. The normalized spacial score (nSPS) is 21.7. The summed E-state index contributed by atoms with van der Waals surface area (Å²) in [5.74, 6) is 0.547. The Kier molecular flexibility index (Phi) is 5.14. The van der Waals surface area contributed by atoms with E-state index >= 15 is 0 Å². The van der Waals surface area contributed by atoms with Crippen LogP contribution in [0.3, 0.4) is 0 Å². The van der Waals surface area contributed by atoms with Gasteiger partial charge in [-0.1, -0.05) is 48.5 Å². The number of halogens is 1. The van der Waals surface area contributed by atoms with Gasteiger partial charge in [-0.15, -0.1) is 0 Å². The maximum absolute atomic E-state index is 13.4. The lowest BCUT2D eigenvalue weighted by atomic mass is 9.96. The fourth-order valence-corrected chi connectivity index (χ4v) is 4.54. The molecule has 4 nitrogen and oxygen atoms in total. The van der Waals surface area contributed by atoms with Gasteiger partial charge in [-0.25, -0.2) is 4.39 Å². The Hall–Kier alpha value is -2.92. The van der Waals surface area contributed by atoms with Crippen molar-refractivity contribution in [1.82, 2.24) is 10.6 Å². The lowest BCUT2D eigenvalue weighted by Gasteiger charge is -2.21. The smallest absolute Gasteiger partial charge is 0.252 e. The van der Waals surface area contributed by atoms with Crippen LogP contribution in [0.4, 0.5) is 4.39 Å². The molecule has 1 saturated carbocycles. The van der Waals surface area contributed by atoms with E-state index in [0.29, 0.717) is 30.9 Å². The molecule has 31 heavy (non-hydrogen) atoms. The van der Waals surface area contributed by atoms with Crippen molar-refractivity contribution in [3.8, 4) is 5.75 Å². The molecule has 1 heterocycles. The van der Waals surface area contributed by atoms with Gasteiger partial charge in [0, 0.05) is 18.2 Å². The highest BCUT2D eigenvalue weighted by Crippen LogP contribution is 2.48. The van der Waals surface area contributed by atoms with Gasteiger partial charge in [0.15, 0.2) is 0 Å². The third kappa shape index (κ3) is 4.02. The van der Waals surface area contributed by atoms with Crippen LogP contribution in [0.1, 0.15) is 40.7 Å². The van der Waals surface area contributed by atoms with E-state index in [2.05, 4.69) is 41.0 Å². The molecule has 2 fully saturated rings. The third-order valence-electron chi connectivity index (χ3n) is 6.48. The molecule has 2 N–H and O–H groups in total. The van der Waals surface area contributed by atoms with E-state index in [4.69, 9.17) is 4.74 Å². The van der Waals surface area contributed by atoms with Crippen LogP contribution in [0, 0.1) is 6.92 Å². The quantitative estimate of drug-likeness (QED) is 0.613. The standard InChI is InChI=1S/C26H27FN2O2/c1-17-9-10-21(31-16-20-13-19(27)15-28-20)14-23(17)25(30)29-26(11-12-26)24-8-4-6-18-5-2-3-7-22(18)24/h2-10,14,19-20,28H,11-13,15-16H2,1H3,(H,29,30). The maximum Gasteiger partial charge on any atom is 0.252 e. The van der Waals surface area contributed by atoms with Crippen molar-refractivity contribution in [3.63, 3.8) is 0 Å². The average Bonchev–Trinajstić information content (AvgIpc) is 3.44. The summed E-state index contributed by atoms with van der Waals surface area (Å²) in [7, 11) is 0. The van der Waals surface area contributed by atoms with Crippen LogP contribution < -0.4 is 15.4 Å². The van der Waals surface area contributed by atoms with Crippen LogP contribution in [0.15, 0.2) is 60.7 Å². The van der Waals surface area contributed by atoms with Crippen LogP contribution in [-0.2, 0) is 5.54 Å². The number of hydrogen-bond donors (Lipinski definition) is 2. The van der Waals surface area contributed by atoms with Gasteiger partial charge in [0.05, 0.1) is 5.54 Å². The Morgan fingerprint density at radius 3 is 2.74 bits per heavy atom. The number of carbonyl (C=O) groups is 1. The van der Waals surface area contributed by atoms with E-state index in [1.54, 1.807) is 6.07 Å². The fourth-order valence-electron chi connectivity index (χ4n) is 4.54. The van der Waals surface area contributed by atoms with Gasteiger partial charge >= 0.3 is 0 Å². The van der Waals surface area contributed by atoms with Crippen LogP contribution in [0.5, 0.6) is 5.75 Å². The van der Waals surface area contributed by atoms with Crippen LogP contribution in [-0.4, -0.2) is 31.3 Å². The molecule has 1 aliphatic heterocycles. The largest absolute Gasteiger partial charge is 0.492 e. The first kappa shape index (κ1) is 20.0. The number of alkyl halides is 1. The summed E-state index contributed by atoms with van der Waals surface area (Å²) in [6, 6.07) is 20.2. The summed E-state index contributed by atoms with van der Waals surface area (Å²) in [6.07, 6.45) is 1.52. The highest BCUT2D eigenvalue weighted by Gasteiger charge is 2.46. The summed E-state index contributed by atoms with van der Waals surface area (Å²) in [6.45, 7) is 2.71. The van der Waals surface area contributed by atoms with E-state index in [-0.39, 0.29) is 17.5 Å². The van der Waals surface area contributed by atoms with Gasteiger partial charge in [0.2, 0.25) is 0 Å². The Morgan fingerprint density at radius 1 is 1.16 bits per heavy atom. The lowest BCUT2D eigenvalue weighted by molar-refractivity contribution is 0.0930. The molecule has 3 aromatic carbocycles. The summed E-state index contributed by atoms with van der Waals surface area (Å²) >= 11 is 0. The zero-order valence-corrected chi connectivity index (χ0v) is 17.7. The predicted octanol–water partition coefficient (Wildman–Crippen LogP) is 4.65. The summed E-state index contributed by atoms with van der Waals surface area (Å²) in [5, 5.41) is 8.80. The molecule has 5 rings (SSSR count). The summed E-state index contributed by atoms with van der Waals surface area (Å²) < 4.78 is 19.2. The average molecular weight is 419 g/mol. The Balaban J connectivity index is 1.34. The van der Waals surface area contributed by atoms with Crippen LogP contribution in [0.2, 0.25) is 0 Å². The molecule has 1 aliphatic carbocycles. The highest BCUT2D eigenvalue weighted by molar-refractivity contribution is 5.97. The molecule has 3 aromatic rings. The number of rotatable bonds is 6. The molecular formula is C26H27FN2O2. The Morgan fingerprint density at radius 2 is 1.97 bits per heavy atom. The van der Waals surface area contributed by atoms with E-state index in [1.807, 2.05) is 31.2 Å². The van der Waals surface area contributed by atoms with Gasteiger partial charge in [-0.05, 0) is 60.2 Å². The van der Waals surface area contributed by atoms with Crippen LogP contribution >= 0.6 is 0 Å². The van der Waals surface area contributed by atoms with Gasteiger partial charge < -0.3 is 15.4 Å². The van der Waals surface area contributed by atoms with E-state index < -0.39 is 6.17 Å². The molecule has 0 spiro atoms. The van der Waals surface area contributed by atoms with Crippen molar-refractivity contribution in [2.24, 2.45) is 0 Å². The number of nitrogens with one attached hydrogen (secondary N) is 2. The lowest BCUT2D eigenvalue weighted by Crippen LogP contribution is -2.35. The predicted molar refractivity (Wildman–Crippen MR) is 120 cm³/mol. The number of fused-ring (bicyclic) bond motifs is 1. The maximum atomic E-state index is 13.4. The van der Waals surface area contributed by atoms with Crippen molar-refractivity contribution >= 4 is 16.7 Å². The van der Waals surface area contributed by atoms with Crippen molar-refractivity contribution in [2.75, 3.05) is 13.2 Å². The van der Waals surface area contributed by atoms with Crippen LogP contribution in [0.25, 0.3) is 10.8 Å². The number of amides is 1. The van der Waals surface area contributed by atoms with Crippen molar-refractivity contribution < 1.29 is 13.9 Å². The first-order valence-corrected chi connectivity index (χ1v) is 11.0.